The number of rotatable bonds is 4. The molecule has 3 heteroatoms. The molecule has 0 heterocycles. The van der Waals surface area contributed by atoms with Gasteiger partial charge in [-0.05, 0) is 23.6 Å². The van der Waals surface area contributed by atoms with Crippen LogP contribution in [-0.4, -0.2) is 5.78 Å². The van der Waals surface area contributed by atoms with Gasteiger partial charge < -0.3 is 0 Å². The number of hydrogen-bond donors (Lipinski definition) is 0. The summed E-state index contributed by atoms with van der Waals surface area (Å²) in [5.74, 6) is -0.527. The average Bonchev–Trinajstić information content (AvgIpc) is 2.43. The highest BCUT2D eigenvalue weighted by Crippen LogP contribution is 2.22. The van der Waals surface area contributed by atoms with Crippen LogP contribution in [0.25, 0.3) is 0 Å². The molecule has 0 radical (unpaired) electrons. The minimum absolute atomic E-state index is 0.0322. The molecule has 0 saturated carbocycles. The van der Waals surface area contributed by atoms with Crippen molar-refractivity contribution in [1.29, 1.82) is 0 Å². The fourth-order valence-electron chi connectivity index (χ4n) is 2.05. The van der Waals surface area contributed by atoms with E-state index < -0.39 is 5.82 Å². The molecule has 0 aromatic heterocycles. The molecular weight excluding hydrogens is 263 g/mol. The number of aryl methyl sites for hydroxylation is 1. The monoisotopic (exact) mass is 276 g/mol. The Bertz CT molecular complexity index is 607. The van der Waals surface area contributed by atoms with Crippen LogP contribution in [0.15, 0.2) is 42.5 Å². The molecule has 0 N–H and O–H groups in total. The van der Waals surface area contributed by atoms with Crippen LogP contribution >= 0.6 is 11.6 Å². The van der Waals surface area contributed by atoms with Crippen LogP contribution in [0, 0.1) is 5.82 Å². The lowest BCUT2D eigenvalue weighted by atomic mass is 9.97. The molecule has 0 unspecified atom stereocenters. The van der Waals surface area contributed by atoms with Gasteiger partial charge in [-0.15, -0.1) is 0 Å². The Labute approximate surface area is 117 Å². The van der Waals surface area contributed by atoms with Gasteiger partial charge in [-0.3, -0.25) is 4.79 Å². The summed E-state index contributed by atoms with van der Waals surface area (Å²) in [6.45, 7) is 2.00. The highest BCUT2D eigenvalue weighted by Gasteiger charge is 2.14. The van der Waals surface area contributed by atoms with Crippen LogP contribution in [0.2, 0.25) is 5.02 Å². The number of benzene rings is 2. The summed E-state index contributed by atoms with van der Waals surface area (Å²) in [5.41, 5.74) is 2.21. The summed E-state index contributed by atoms with van der Waals surface area (Å²) in [6, 6.07) is 12.0. The van der Waals surface area contributed by atoms with Gasteiger partial charge in [0.15, 0.2) is 5.78 Å². The number of carbonyl (C=O) groups is 1. The highest BCUT2D eigenvalue weighted by atomic mass is 35.5. The molecule has 0 bridgehead atoms. The Morgan fingerprint density at radius 2 is 1.79 bits per heavy atom. The van der Waals surface area contributed by atoms with E-state index in [0.717, 1.165) is 12.0 Å². The molecule has 0 aliphatic carbocycles. The van der Waals surface area contributed by atoms with E-state index in [-0.39, 0.29) is 17.2 Å². The van der Waals surface area contributed by atoms with E-state index in [0.29, 0.717) is 11.1 Å². The van der Waals surface area contributed by atoms with Crippen molar-refractivity contribution in [2.45, 2.75) is 19.8 Å². The lowest BCUT2D eigenvalue weighted by Crippen LogP contribution is -2.07. The first kappa shape index (κ1) is 13.8. The Balaban J connectivity index is 2.28. The predicted octanol–water partition coefficient (Wildman–Crippen LogP) is 4.47. The van der Waals surface area contributed by atoms with Crippen LogP contribution in [0.3, 0.4) is 0 Å². The van der Waals surface area contributed by atoms with E-state index in [1.54, 1.807) is 18.2 Å². The number of Topliss-reactive ketones (excluding diaryl/α,β-unsaturated/α-hetero) is 1. The average molecular weight is 277 g/mol. The van der Waals surface area contributed by atoms with E-state index >= 15 is 0 Å². The van der Waals surface area contributed by atoms with Crippen LogP contribution in [0.1, 0.15) is 28.4 Å². The lowest BCUT2D eigenvalue weighted by Gasteiger charge is -2.08. The normalized spacial score (nSPS) is 10.5. The molecule has 2 aromatic carbocycles. The number of carbonyl (C=O) groups excluding carboxylic acids is 1. The molecule has 0 aliphatic heterocycles. The second-order valence-corrected chi connectivity index (χ2v) is 4.70. The third-order valence-corrected chi connectivity index (χ3v) is 3.50. The maximum absolute atomic E-state index is 13.3. The van der Waals surface area contributed by atoms with Crippen LogP contribution in [0.4, 0.5) is 4.39 Å². The first-order valence-corrected chi connectivity index (χ1v) is 6.55. The maximum atomic E-state index is 13.3. The summed E-state index contributed by atoms with van der Waals surface area (Å²) in [5, 5.41) is 0.0322. The molecule has 0 spiro atoms. The Morgan fingerprint density at radius 1 is 1.11 bits per heavy atom. The number of hydrogen-bond acceptors (Lipinski definition) is 1. The van der Waals surface area contributed by atoms with Crippen molar-refractivity contribution in [3.05, 3.63) is 70.0 Å². The van der Waals surface area contributed by atoms with Gasteiger partial charge >= 0.3 is 0 Å². The molecule has 0 amide bonds. The van der Waals surface area contributed by atoms with Gasteiger partial charge in [-0.1, -0.05) is 54.9 Å². The van der Waals surface area contributed by atoms with Gasteiger partial charge in [0, 0.05) is 12.0 Å². The summed E-state index contributed by atoms with van der Waals surface area (Å²) in [4.78, 5) is 12.3. The van der Waals surface area contributed by atoms with Crippen molar-refractivity contribution >= 4 is 17.4 Å². The smallest absolute Gasteiger partial charge is 0.167 e. The SMILES string of the molecule is CCc1ccccc1C(=O)Cc1cccc(F)c1Cl. The van der Waals surface area contributed by atoms with Crippen LogP contribution < -0.4 is 0 Å². The summed E-state index contributed by atoms with van der Waals surface area (Å²) in [6.07, 6.45) is 0.909. The van der Waals surface area contributed by atoms with Crippen molar-refractivity contribution in [2.24, 2.45) is 0 Å². The van der Waals surface area contributed by atoms with Gasteiger partial charge in [-0.2, -0.15) is 0 Å². The zero-order valence-electron chi connectivity index (χ0n) is 10.6. The van der Waals surface area contributed by atoms with Crippen LogP contribution in [-0.2, 0) is 12.8 Å². The van der Waals surface area contributed by atoms with Crippen LogP contribution in [0.5, 0.6) is 0 Å². The van der Waals surface area contributed by atoms with Gasteiger partial charge in [0.25, 0.3) is 0 Å². The molecule has 0 saturated heterocycles. The summed E-state index contributed by atoms with van der Waals surface area (Å²) in [7, 11) is 0. The minimum Gasteiger partial charge on any atom is -0.294 e. The van der Waals surface area contributed by atoms with E-state index in [9.17, 15) is 9.18 Å². The fourth-order valence-corrected chi connectivity index (χ4v) is 2.25. The first-order chi connectivity index (χ1) is 9.13. The van der Waals surface area contributed by atoms with E-state index in [4.69, 9.17) is 11.6 Å². The maximum Gasteiger partial charge on any atom is 0.167 e. The number of halogens is 2. The molecule has 1 nitrogen and oxygen atoms in total. The minimum atomic E-state index is -0.490. The molecular formula is C16H14ClFO. The molecule has 0 atom stereocenters. The Hall–Kier alpha value is -1.67. The van der Waals surface area contributed by atoms with Crippen molar-refractivity contribution in [3.8, 4) is 0 Å². The Kier molecular flexibility index (Phi) is 4.33. The fraction of sp³-hybridized carbons (Fsp3) is 0.188. The summed E-state index contributed by atoms with van der Waals surface area (Å²) >= 11 is 5.87. The van der Waals surface area contributed by atoms with Crippen molar-refractivity contribution in [3.63, 3.8) is 0 Å². The van der Waals surface area contributed by atoms with Gasteiger partial charge in [0.05, 0.1) is 5.02 Å². The van der Waals surface area contributed by atoms with E-state index in [1.807, 2.05) is 25.1 Å². The van der Waals surface area contributed by atoms with E-state index in [2.05, 4.69) is 0 Å². The first-order valence-electron chi connectivity index (χ1n) is 6.17. The largest absolute Gasteiger partial charge is 0.294 e. The molecule has 19 heavy (non-hydrogen) atoms. The topological polar surface area (TPSA) is 17.1 Å². The zero-order valence-corrected chi connectivity index (χ0v) is 11.4. The van der Waals surface area contributed by atoms with Gasteiger partial charge in [0.1, 0.15) is 5.82 Å². The quantitative estimate of drug-likeness (QED) is 0.753. The van der Waals surface area contributed by atoms with Crippen molar-refractivity contribution in [1.82, 2.24) is 0 Å². The highest BCUT2D eigenvalue weighted by molar-refractivity contribution is 6.31. The zero-order chi connectivity index (χ0) is 13.8. The molecule has 2 aromatic rings. The summed E-state index contributed by atoms with van der Waals surface area (Å²) < 4.78 is 13.3. The van der Waals surface area contributed by atoms with E-state index in [1.165, 1.54) is 6.07 Å². The third kappa shape index (κ3) is 3.02. The van der Waals surface area contributed by atoms with Gasteiger partial charge in [0.2, 0.25) is 0 Å². The second-order valence-electron chi connectivity index (χ2n) is 4.32. The second kappa shape index (κ2) is 5.98. The van der Waals surface area contributed by atoms with Crippen molar-refractivity contribution in [2.75, 3.05) is 0 Å². The lowest BCUT2D eigenvalue weighted by molar-refractivity contribution is 0.0992. The molecule has 98 valence electrons. The molecule has 2 rings (SSSR count). The standard InChI is InChI=1S/C16H14ClFO/c1-2-11-6-3-4-8-13(11)15(19)10-12-7-5-9-14(18)16(12)17/h3-9H,2,10H2,1H3. The van der Waals surface area contributed by atoms with Gasteiger partial charge in [-0.25, -0.2) is 4.39 Å². The Morgan fingerprint density at radius 3 is 2.53 bits per heavy atom. The molecule has 0 aliphatic rings. The predicted molar refractivity (Wildman–Crippen MR) is 75.3 cm³/mol. The molecule has 0 fully saturated rings. The third-order valence-electron chi connectivity index (χ3n) is 3.08. The van der Waals surface area contributed by atoms with Crippen molar-refractivity contribution < 1.29 is 9.18 Å². The number of ketones is 1.